The van der Waals surface area contributed by atoms with Gasteiger partial charge in [-0.3, -0.25) is 14.6 Å². The Bertz CT molecular complexity index is 972. The summed E-state index contributed by atoms with van der Waals surface area (Å²) in [7, 11) is 0. The highest BCUT2D eigenvalue weighted by atomic mass is 16.5. The van der Waals surface area contributed by atoms with Gasteiger partial charge in [0.1, 0.15) is 11.7 Å². The topological polar surface area (TPSA) is 68.9 Å². The van der Waals surface area contributed by atoms with Crippen LogP contribution in [0.1, 0.15) is 62.7 Å². The van der Waals surface area contributed by atoms with Gasteiger partial charge in [-0.05, 0) is 43.4 Å². The minimum Gasteiger partial charge on any atom is -0.469 e. The molecule has 2 heterocycles. The summed E-state index contributed by atoms with van der Waals surface area (Å²) >= 11 is 0. The fourth-order valence-corrected chi connectivity index (χ4v) is 4.51. The van der Waals surface area contributed by atoms with Crippen LogP contribution in [0.4, 0.5) is 0 Å². The zero-order valence-electron chi connectivity index (χ0n) is 17.5. The smallest absolute Gasteiger partial charge is 0.315 e. The molecular weight excluding hydrogens is 378 g/mol. The van der Waals surface area contributed by atoms with Crippen molar-refractivity contribution in [3.8, 4) is 0 Å². The van der Waals surface area contributed by atoms with Gasteiger partial charge in [-0.2, -0.15) is 0 Å². The highest BCUT2D eigenvalue weighted by molar-refractivity contribution is 6.09. The molecule has 1 unspecified atom stereocenters. The van der Waals surface area contributed by atoms with E-state index in [-0.39, 0.29) is 17.7 Å². The average molecular weight is 405 g/mol. The summed E-state index contributed by atoms with van der Waals surface area (Å²) < 4.78 is 11.2. The number of nitrogens with zero attached hydrogens (tertiary/aromatic N) is 1. The number of rotatable bonds is 6. The first-order valence-corrected chi connectivity index (χ1v) is 10.7. The molecule has 2 aliphatic rings. The van der Waals surface area contributed by atoms with E-state index in [1.807, 2.05) is 38.1 Å². The largest absolute Gasteiger partial charge is 0.469 e. The normalized spacial score (nSPS) is 23.7. The summed E-state index contributed by atoms with van der Waals surface area (Å²) in [6.07, 6.45) is 4.42. The second-order valence-corrected chi connectivity index (χ2v) is 8.04. The van der Waals surface area contributed by atoms with Gasteiger partial charge in [0.15, 0.2) is 5.78 Å². The number of allylic oxidation sites excluding steroid dienone is 2. The van der Waals surface area contributed by atoms with Gasteiger partial charge < -0.3 is 9.15 Å². The van der Waals surface area contributed by atoms with Gasteiger partial charge in [0.2, 0.25) is 0 Å². The molecule has 4 rings (SSSR count). The summed E-state index contributed by atoms with van der Waals surface area (Å²) in [6.45, 7) is 4.27. The van der Waals surface area contributed by atoms with Crippen LogP contribution in [-0.4, -0.2) is 24.1 Å². The minimum atomic E-state index is -0.635. The zero-order chi connectivity index (χ0) is 21.1. The zero-order valence-corrected chi connectivity index (χ0v) is 17.5. The van der Waals surface area contributed by atoms with Crippen LogP contribution < -0.4 is 0 Å². The number of hydrogen-bond donors (Lipinski definition) is 0. The molecule has 2 aromatic rings. The molecule has 5 heteroatoms. The van der Waals surface area contributed by atoms with Gasteiger partial charge in [-0.1, -0.05) is 43.7 Å². The average Bonchev–Trinajstić information content (AvgIpc) is 3.28. The highest BCUT2D eigenvalue weighted by Crippen LogP contribution is 2.46. The third-order valence-corrected chi connectivity index (χ3v) is 6.01. The molecule has 3 atom stereocenters. The van der Waals surface area contributed by atoms with Gasteiger partial charge in [0.25, 0.3) is 0 Å². The molecule has 0 fully saturated rings. The third-order valence-electron chi connectivity index (χ3n) is 6.01. The van der Waals surface area contributed by atoms with Crippen molar-refractivity contribution in [1.82, 2.24) is 0 Å². The quantitative estimate of drug-likeness (QED) is 0.489. The lowest BCUT2D eigenvalue weighted by Gasteiger charge is -2.35. The fourth-order valence-electron chi connectivity index (χ4n) is 4.51. The molecule has 0 bridgehead atoms. The van der Waals surface area contributed by atoms with Gasteiger partial charge in [-0.15, -0.1) is 0 Å². The van der Waals surface area contributed by atoms with Crippen molar-refractivity contribution in [3.63, 3.8) is 0 Å². The Labute approximate surface area is 176 Å². The van der Waals surface area contributed by atoms with E-state index in [0.29, 0.717) is 36.5 Å². The van der Waals surface area contributed by atoms with Crippen molar-refractivity contribution in [2.24, 2.45) is 10.9 Å². The maximum Gasteiger partial charge on any atom is 0.315 e. The summed E-state index contributed by atoms with van der Waals surface area (Å²) in [5.74, 6) is -0.709. The van der Waals surface area contributed by atoms with Crippen LogP contribution in [0.5, 0.6) is 0 Å². The molecule has 1 aromatic heterocycles. The van der Waals surface area contributed by atoms with Crippen LogP contribution in [0.25, 0.3) is 0 Å². The number of hydrogen-bond acceptors (Lipinski definition) is 5. The standard InChI is InChI=1S/C25H27NO4/c1-3-4-12-30-25(28)22-16(2)26-19-14-18(17-9-6-5-7-10-17)15-20(27)23(19)24(22)21-11-8-13-29-21/h5-11,13,18,22,24H,3-4,12,14-15H2,1-2H3/t18-,22?,24-/m0/s1. The Kier molecular flexibility index (Phi) is 5.98. The van der Waals surface area contributed by atoms with Crippen LogP contribution in [0, 0.1) is 5.92 Å². The lowest BCUT2D eigenvalue weighted by molar-refractivity contribution is -0.146. The van der Waals surface area contributed by atoms with Gasteiger partial charge in [-0.25, -0.2) is 0 Å². The van der Waals surface area contributed by atoms with Gasteiger partial charge >= 0.3 is 5.97 Å². The van der Waals surface area contributed by atoms with Crippen LogP contribution in [0.3, 0.4) is 0 Å². The van der Waals surface area contributed by atoms with E-state index in [1.54, 1.807) is 12.3 Å². The van der Waals surface area contributed by atoms with Crippen molar-refractivity contribution >= 4 is 17.5 Å². The molecule has 5 nitrogen and oxygen atoms in total. The number of carbonyl (C=O) groups excluding carboxylic acids is 2. The number of unbranched alkanes of at least 4 members (excludes halogenated alkanes) is 1. The first-order valence-electron chi connectivity index (χ1n) is 10.7. The second-order valence-electron chi connectivity index (χ2n) is 8.04. The van der Waals surface area contributed by atoms with Crippen LogP contribution in [-0.2, 0) is 14.3 Å². The minimum absolute atomic E-state index is 0.0362. The van der Waals surface area contributed by atoms with Crippen molar-refractivity contribution in [2.75, 3.05) is 6.61 Å². The molecule has 0 radical (unpaired) electrons. The Morgan fingerprint density at radius 3 is 2.67 bits per heavy atom. The number of benzene rings is 1. The fraction of sp³-hybridized carbons (Fsp3) is 0.400. The predicted molar refractivity (Wildman–Crippen MR) is 114 cm³/mol. The van der Waals surface area contributed by atoms with E-state index in [0.717, 1.165) is 24.1 Å². The Balaban J connectivity index is 1.70. The summed E-state index contributed by atoms with van der Waals surface area (Å²) in [5, 5.41) is 0. The molecule has 0 saturated heterocycles. The summed E-state index contributed by atoms with van der Waals surface area (Å²) in [6, 6.07) is 13.7. The number of aliphatic imine (C=N–C) groups is 1. The van der Waals surface area contributed by atoms with E-state index in [9.17, 15) is 9.59 Å². The Morgan fingerprint density at radius 1 is 1.17 bits per heavy atom. The molecule has 30 heavy (non-hydrogen) atoms. The number of furan rings is 1. The first-order chi connectivity index (χ1) is 14.6. The Hall–Kier alpha value is -2.95. The maximum atomic E-state index is 13.3. The molecule has 0 spiro atoms. The van der Waals surface area contributed by atoms with E-state index >= 15 is 0 Å². The van der Waals surface area contributed by atoms with Crippen molar-refractivity contribution in [2.45, 2.75) is 51.4 Å². The monoisotopic (exact) mass is 405 g/mol. The van der Waals surface area contributed by atoms with Crippen molar-refractivity contribution in [3.05, 3.63) is 71.3 Å². The van der Waals surface area contributed by atoms with Crippen molar-refractivity contribution in [1.29, 1.82) is 0 Å². The van der Waals surface area contributed by atoms with E-state index < -0.39 is 11.8 Å². The van der Waals surface area contributed by atoms with Crippen LogP contribution in [0.2, 0.25) is 0 Å². The summed E-state index contributed by atoms with van der Waals surface area (Å²) in [5.41, 5.74) is 3.20. The number of carbonyl (C=O) groups is 2. The predicted octanol–water partition coefficient (Wildman–Crippen LogP) is 5.20. The molecule has 1 aromatic carbocycles. The third kappa shape index (κ3) is 3.89. The molecule has 0 saturated carbocycles. The van der Waals surface area contributed by atoms with Crippen LogP contribution in [0.15, 0.2) is 69.4 Å². The number of Topliss-reactive ketones (excluding diaryl/α,β-unsaturated/α-hetero) is 1. The van der Waals surface area contributed by atoms with Gasteiger partial charge in [0.05, 0.1) is 18.8 Å². The van der Waals surface area contributed by atoms with Crippen molar-refractivity contribution < 1.29 is 18.7 Å². The SMILES string of the molecule is CCCCOC(=O)C1C(C)=NC2=C(C(=O)C[C@@H](c3ccccc3)C2)[C@H]1c1ccco1. The second kappa shape index (κ2) is 8.82. The molecule has 1 aliphatic carbocycles. The lowest BCUT2D eigenvalue weighted by atomic mass is 9.71. The highest BCUT2D eigenvalue weighted by Gasteiger charge is 2.46. The molecule has 156 valence electrons. The maximum absolute atomic E-state index is 13.3. The molecule has 1 aliphatic heterocycles. The number of ether oxygens (including phenoxy) is 1. The Morgan fingerprint density at radius 2 is 1.97 bits per heavy atom. The molecular formula is C25H27NO4. The first kappa shape index (κ1) is 20.3. The van der Waals surface area contributed by atoms with Gasteiger partial charge in [0, 0.05) is 23.4 Å². The molecule has 0 amide bonds. The summed E-state index contributed by atoms with van der Waals surface area (Å²) in [4.78, 5) is 31.1. The lowest BCUT2D eigenvalue weighted by Crippen LogP contribution is -2.38. The van der Waals surface area contributed by atoms with E-state index in [2.05, 4.69) is 12.1 Å². The van der Waals surface area contributed by atoms with E-state index in [1.165, 1.54) is 0 Å². The molecule has 0 N–H and O–H groups in total. The van der Waals surface area contributed by atoms with Crippen LogP contribution >= 0.6 is 0 Å². The number of ketones is 1. The number of esters is 1. The van der Waals surface area contributed by atoms with E-state index in [4.69, 9.17) is 14.1 Å².